The molecule has 1 saturated heterocycles. The Labute approximate surface area is 173 Å². The molecule has 0 saturated carbocycles. The summed E-state index contributed by atoms with van der Waals surface area (Å²) in [6.07, 6.45) is 0.735. The number of ether oxygens (including phenoxy) is 2. The Morgan fingerprint density at radius 1 is 1.24 bits per heavy atom. The van der Waals surface area contributed by atoms with Gasteiger partial charge in [0.2, 0.25) is 0 Å². The summed E-state index contributed by atoms with van der Waals surface area (Å²) in [6, 6.07) is 11.5. The van der Waals surface area contributed by atoms with E-state index in [2.05, 4.69) is 0 Å². The van der Waals surface area contributed by atoms with Gasteiger partial charge in [-0.25, -0.2) is 0 Å². The van der Waals surface area contributed by atoms with Crippen LogP contribution in [0.1, 0.15) is 22.7 Å². The number of Topliss-reactive ketones (excluding diaryl/α,β-unsaturated/α-hetero) is 1. The maximum absolute atomic E-state index is 12.9. The molecule has 7 heteroatoms. The van der Waals surface area contributed by atoms with Gasteiger partial charge in [0.25, 0.3) is 11.7 Å². The lowest BCUT2D eigenvalue weighted by molar-refractivity contribution is -0.140. The molecular formula is C22H20ClNO5. The van der Waals surface area contributed by atoms with E-state index >= 15 is 0 Å². The van der Waals surface area contributed by atoms with E-state index in [1.54, 1.807) is 42.5 Å². The number of rotatable bonds is 5. The van der Waals surface area contributed by atoms with Crippen molar-refractivity contribution in [2.24, 2.45) is 0 Å². The van der Waals surface area contributed by atoms with Crippen LogP contribution >= 0.6 is 11.6 Å². The van der Waals surface area contributed by atoms with Crippen LogP contribution in [0.2, 0.25) is 5.02 Å². The van der Waals surface area contributed by atoms with Gasteiger partial charge in [0, 0.05) is 30.7 Å². The predicted molar refractivity (Wildman–Crippen MR) is 108 cm³/mol. The zero-order valence-electron chi connectivity index (χ0n) is 15.9. The number of aliphatic hydroxyl groups excluding tert-OH is 1. The third-order valence-electron chi connectivity index (χ3n) is 5.22. The van der Waals surface area contributed by atoms with Crippen LogP contribution in [0.4, 0.5) is 0 Å². The Kier molecular flexibility index (Phi) is 5.30. The number of hydrogen-bond donors (Lipinski definition) is 1. The summed E-state index contributed by atoms with van der Waals surface area (Å²) in [5.41, 5.74) is 2.20. The molecule has 0 aromatic heterocycles. The van der Waals surface area contributed by atoms with Gasteiger partial charge >= 0.3 is 0 Å². The number of methoxy groups -OCH3 is 1. The van der Waals surface area contributed by atoms with Gasteiger partial charge in [-0.2, -0.15) is 0 Å². The molecule has 0 spiro atoms. The fourth-order valence-corrected chi connectivity index (χ4v) is 3.91. The van der Waals surface area contributed by atoms with Crippen molar-refractivity contribution in [2.45, 2.75) is 12.5 Å². The number of carbonyl (C=O) groups excluding carboxylic acids is 2. The van der Waals surface area contributed by atoms with Crippen molar-refractivity contribution in [1.29, 1.82) is 0 Å². The quantitative estimate of drug-likeness (QED) is 0.462. The topological polar surface area (TPSA) is 76.1 Å². The minimum atomic E-state index is -0.716. The molecule has 150 valence electrons. The lowest BCUT2D eigenvalue weighted by Crippen LogP contribution is -2.32. The van der Waals surface area contributed by atoms with Gasteiger partial charge in [-0.1, -0.05) is 23.7 Å². The summed E-state index contributed by atoms with van der Waals surface area (Å²) < 4.78 is 10.6. The van der Waals surface area contributed by atoms with Gasteiger partial charge in [0.05, 0.1) is 24.8 Å². The van der Waals surface area contributed by atoms with Gasteiger partial charge in [-0.05, 0) is 41.5 Å². The van der Waals surface area contributed by atoms with Gasteiger partial charge in [0.1, 0.15) is 11.5 Å². The molecule has 6 nitrogen and oxygen atoms in total. The second kappa shape index (κ2) is 7.89. The molecule has 29 heavy (non-hydrogen) atoms. The second-order valence-electron chi connectivity index (χ2n) is 6.96. The first-order valence-corrected chi connectivity index (χ1v) is 9.68. The van der Waals surface area contributed by atoms with Crippen LogP contribution in [-0.4, -0.2) is 48.6 Å². The number of hydrogen-bond acceptors (Lipinski definition) is 5. The van der Waals surface area contributed by atoms with E-state index in [-0.39, 0.29) is 24.5 Å². The monoisotopic (exact) mass is 413 g/mol. The summed E-state index contributed by atoms with van der Waals surface area (Å²) >= 11 is 6.00. The molecule has 1 amide bonds. The van der Waals surface area contributed by atoms with Crippen molar-refractivity contribution >= 4 is 29.1 Å². The van der Waals surface area contributed by atoms with Crippen LogP contribution in [0.15, 0.2) is 48.0 Å². The molecule has 0 bridgehead atoms. The smallest absolute Gasteiger partial charge is 0.295 e. The molecule has 1 unspecified atom stereocenters. The first kappa shape index (κ1) is 19.5. The van der Waals surface area contributed by atoms with E-state index < -0.39 is 17.7 Å². The normalized spacial score (nSPS) is 20.1. The van der Waals surface area contributed by atoms with Gasteiger partial charge in [0.15, 0.2) is 0 Å². The largest absolute Gasteiger partial charge is 0.507 e. The molecule has 4 rings (SSSR count). The Hall–Kier alpha value is -2.83. The average Bonchev–Trinajstić information content (AvgIpc) is 3.29. The molecule has 0 aliphatic carbocycles. The zero-order valence-corrected chi connectivity index (χ0v) is 16.6. The molecular weight excluding hydrogens is 394 g/mol. The first-order valence-electron chi connectivity index (χ1n) is 9.30. The number of amides is 1. The number of fused-ring (bicyclic) bond motifs is 1. The van der Waals surface area contributed by atoms with Crippen molar-refractivity contribution in [3.63, 3.8) is 0 Å². The van der Waals surface area contributed by atoms with E-state index in [1.165, 1.54) is 12.0 Å². The summed E-state index contributed by atoms with van der Waals surface area (Å²) in [5, 5.41) is 11.6. The molecule has 1 fully saturated rings. The summed E-state index contributed by atoms with van der Waals surface area (Å²) in [4.78, 5) is 27.0. The lowest BCUT2D eigenvalue weighted by atomic mass is 9.94. The number of ketones is 1. The van der Waals surface area contributed by atoms with E-state index in [0.29, 0.717) is 22.8 Å². The van der Waals surface area contributed by atoms with Crippen LogP contribution in [0.3, 0.4) is 0 Å². The van der Waals surface area contributed by atoms with Gasteiger partial charge < -0.3 is 19.5 Å². The third-order valence-corrected chi connectivity index (χ3v) is 5.48. The highest BCUT2D eigenvalue weighted by Gasteiger charge is 2.45. The van der Waals surface area contributed by atoms with Crippen LogP contribution in [0, 0.1) is 0 Å². The molecule has 1 N–H and O–H groups in total. The highest BCUT2D eigenvalue weighted by atomic mass is 35.5. The molecule has 2 aromatic carbocycles. The molecule has 1 atom stereocenters. The molecule has 2 aliphatic heterocycles. The molecule has 2 aromatic rings. The number of aliphatic hydroxyl groups is 1. The third kappa shape index (κ3) is 3.50. The SMILES string of the molecule is COCCN1C(=O)C(=O)/C(=C(\O)c2ccc3c(c2)CCO3)C1c1ccc(Cl)cc1. The van der Waals surface area contributed by atoms with Crippen molar-refractivity contribution in [3.05, 3.63) is 69.8 Å². The Bertz CT molecular complexity index is 999. The average molecular weight is 414 g/mol. The predicted octanol–water partition coefficient (Wildman–Crippen LogP) is 3.34. The van der Waals surface area contributed by atoms with E-state index in [9.17, 15) is 14.7 Å². The summed E-state index contributed by atoms with van der Waals surface area (Å²) in [7, 11) is 1.53. The van der Waals surface area contributed by atoms with E-state index in [1.807, 2.05) is 0 Å². The number of benzene rings is 2. The van der Waals surface area contributed by atoms with Crippen molar-refractivity contribution in [1.82, 2.24) is 4.90 Å². The van der Waals surface area contributed by atoms with Gasteiger partial charge in [-0.15, -0.1) is 0 Å². The first-order chi connectivity index (χ1) is 14.0. The van der Waals surface area contributed by atoms with Crippen molar-refractivity contribution in [2.75, 3.05) is 26.9 Å². The minimum absolute atomic E-state index is 0.0623. The number of carbonyl (C=O) groups is 2. The Morgan fingerprint density at radius 3 is 2.72 bits per heavy atom. The fraction of sp³-hybridized carbons (Fsp3) is 0.273. The van der Waals surface area contributed by atoms with E-state index in [4.69, 9.17) is 21.1 Å². The summed E-state index contributed by atoms with van der Waals surface area (Å²) in [5.74, 6) is -0.794. The Balaban J connectivity index is 1.83. The maximum Gasteiger partial charge on any atom is 0.295 e. The molecule has 2 heterocycles. The van der Waals surface area contributed by atoms with Crippen LogP contribution in [-0.2, 0) is 20.7 Å². The second-order valence-corrected chi connectivity index (χ2v) is 7.39. The van der Waals surface area contributed by atoms with Crippen LogP contribution in [0.25, 0.3) is 5.76 Å². The standard InChI is InChI=1S/C22H20ClNO5/c1-28-11-9-24-19(13-2-5-16(23)6-3-13)18(21(26)22(24)27)20(25)15-4-7-17-14(12-15)8-10-29-17/h2-7,12,19,25H,8-11H2,1H3/b20-18-. The van der Waals surface area contributed by atoms with Crippen molar-refractivity contribution < 1.29 is 24.2 Å². The number of likely N-dealkylation sites (tertiary alicyclic amines) is 1. The van der Waals surface area contributed by atoms with Crippen LogP contribution in [0.5, 0.6) is 5.75 Å². The Morgan fingerprint density at radius 2 is 2.00 bits per heavy atom. The maximum atomic E-state index is 12.9. The molecule has 0 radical (unpaired) electrons. The van der Waals surface area contributed by atoms with Gasteiger partial charge in [-0.3, -0.25) is 9.59 Å². The highest BCUT2D eigenvalue weighted by Crippen LogP contribution is 2.40. The highest BCUT2D eigenvalue weighted by molar-refractivity contribution is 6.46. The number of nitrogens with zero attached hydrogens (tertiary/aromatic N) is 1. The van der Waals surface area contributed by atoms with Crippen molar-refractivity contribution in [3.8, 4) is 5.75 Å². The fourth-order valence-electron chi connectivity index (χ4n) is 3.78. The number of halogens is 1. The van der Waals surface area contributed by atoms with E-state index in [0.717, 1.165) is 17.7 Å². The minimum Gasteiger partial charge on any atom is -0.507 e. The van der Waals surface area contributed by atoms with Crippen LogP contribution < -0.4 is 4.74 Å². The summed E-state index contributed by atoms with van der Waals surface area (Å²) in [6.45, 7) is 1.09. The lowest BCUT2D eigenvalue weighted by Gasteiger charge is -2.25. The zero-order chi connectivity index (χ0) is 20.5. The molecule has 2 aliphatic rings.